The van der Waals surface area contributed by atoms with Gasteiger partial charge < -0.3 is 10.4 Å². The van der Waals surface area contributed by atoms with E-state index in [0.29, 0.717) is 5.92 Å². The van der Waals surface area contributed by atoms with Gasteiger partial charge in [0, 0.05) is 6.54 Å². The Morgan fingerprint density at radius 1 is 1.06 bits per heavy atom. The van der Waals surface area contributed by atoms with Gasteiger partial charge in [-0.1, -0.05) is 42.5 Å². The maximum absolute atomic E-state index is 9.25. The van der Waals surface area contributed by atoms with Gasteiger partial charge in [-0.2, -0.15) is 0 Å². The van der Waals surface area contributed by atoms with E-state index in [1.165, 1.54) is 16.3 Å². The Morgan fingerprint density at radius 3 is 2.67 bits per heavy atom. The summed E-state index contributed by atoms with van der Waals surface area (Å²) in [5.74, 6) is 0.662. The van der Waals surface area contributed by atoms with Crippen molar-refractivity contribution in [2.75, 3.05) is 6.54 Å². The highest BCUT2D eigenvalue weighted by Gasteiger charge is 2.26. The van der Waals surface area contributed by atoms with Crippen LogP contribution in [0.3, 0.4) is 0 Å². The van der Waals surface area contributed by atoms with Crippen LogP contribution in [0.1, 0.15) is 18.4 Å². The maximum Gasteiger partial charge on any atom is 0.0546 e. The molecule has 3 rings (SSSR count). The van der Waals surface area contributed by atoms with Crippen molar-refractivity contribution in [3.8, 4) is 0 Å². The first-order valence-corrected chi connectivity index (χ1v) is 6.68. The highest BCUT2D eigenvalue weighted by Crippen LogP contribution is 2.26. The quantitative estimate of drug-likeness (QED) is 0.862. The van der Waals surface area contributed by atoms with Crippen LogP contribution >= 0.6 is 0 Å². The molecule has 0 radical (unpaired) electrons. The lowest BCUT2D eigenvalue weighted by Gasteiger charge is -2.31. The fourth-order valence-electron chi connectivity index (χ4n) is 2.72. The molecule has 94 valence electrons. The fraction of sp³-hybridized carbons (Fsp3) is 0.375. The Kier molecular flexibility index (Phi) is 3.31. The van der Waals surface area contributed by atoms with E-state index < -0.39 is 0 Å². The fourth-order valence-corrected chi connectivity index (χ4v) is 2.72. The number of rotatable bonds is 4. The average molecular weight is 241 g/mol. The lowest BCUT2D eigenvalue weighted by atomic mass is 9.82. The van der Waals surface area contributed by atoms with Gasteiger partial charge in [-0.05, 0) is 41.6 Å². The third-order valence-corrected chi connectivity index (χ3v) is 3.84. The Balaban J connectivity index is 1.64. The molecule has 18 heavy (non-hydrogen) atoms. The minimum absolute atomic E-state index is 0.0469. The maximum atomic E-state index is 9.25. The summed E-state index contributed by atoms with van der Waals surface area (Å²) in [4.78, 5) is 0. The second-order valence-electron chi connectivity index (χ2n) is 5.26. The third kappa shape index (κ3) is 2.40. The Hall–Kier alpha value is -1.38. The summed E-state index contributed by atoms with van der Waals surface area (Å²) in [5, 5.41) is 15.4. The van der Waals surface area contributed by atoms with Crippen molar-refractivity contribution in [1.29, 1.82) is 0 Å². The topological polar surface area (TPSA) is 32.3 Å². The lowest BCUT2D eigenvalue weighted by Crippen LogP contribution is -2.35. The van der Waals surface area contributed by atoms with E-state index in [-0.39, 0.29) is 6.10 Å². The summed E-state index contributed by atoms with van der Waals surface area (Å²) in [7, 11) is 0. The zero-order valence-electron chi connectivity index (χ0n) is 10.5. The molecule has 2 N–H and O–H groups in total. The lowest BCUT2D eigenvalue weighted by molar-refractivity contribution is 0.0430. The van der Waals surface area contributed by atoms with E-state index in [1.54, 1.807) is 0 Å². The average Bonchev–Trinajstić information content (AvgIpc) is 2.37. The Bertz CT molecular complexity index is 526. The molecule has 2 heteroatoms. The van der Waals surface area contributed by atoms with E-state index in [4.69, 9.17) is 0 Å². The second-order valence-corrected chi connectivity index (χ2v) is 5.26. The van der Waals surface area contributed by atoms with Crippen LogP contribution in [-0.4, -0.2) is 17.8 Å². The molecule has 0 saturated heterocycles. The van der Waals surface area contributed by atoms with Crippen LogP contribution in [0, 0.1) is 5.92 Å². The van der Waals surface area contributed by atoms with Gasteiger partial charge >= 0.3 is 0 Å². The van der Waals surface area contributed by atoms with Crippen LogP contribution in [0.5, 0.6) is 0 Å². The largest absolute Gasteiger partial charge is 0.393 e. The molecule has 1 aliphatic carbocycles. The first kappa shape index (κ1) is 11.7. The van der Waals surface area contributed by atoms with Gasteiger partial charge in [0.2, 0.25) is 0 Å². The normalized spacial score (nSPS) is 22.9. The van der Waals surface area contributed by atoms with Crippen molar-refractivity contribution in [2.24, 2.45) is 5.92 Å². The van der Waals surface area contributed by atoms with E-state index in [2.05, 4.69) is 47.8 Å². The van der Waals surface area contributed by atoms with Gasteiger partial charge in [-0.3, -0.25) is 0 Å². The molecule has 0 heterocycles. The predicted octanol–water partition coefficient (Wildman–Crippen LogP) is 2.70. The number of hydrogen-bond donors (Lipinski definition) is 2. The van der Waals surface area contributed by atoms with Gasteiger partial charge in [0.25, 0.3) is 0 Å². The molecule has 0 aromatic heterocycles. The third-order valence-electron chi connectivity index (χ3n) is 3.84. The Morgan fingerprint density at radius 2 is 1.83 bits per heavy atom. The van der Waals surface area contributed by atoms with E-state index in [9.17, 15) is 5.11 Å². The summed E-state index contributed by atoms with van der Waals surface area (Å²) >= 11 is 0. The van der Waals surface area contributed by atoms with Gasteiger partial charge in [-0.15, -0.1) is 0 Å². The molecule has 2 nitrogen and oxygen atoms in total. The van der Waals surface area contributed by atoms with Crippen LogP contribution in [0.25, 0.3) is 10.8 Å². The minimum Gasteiger partial charge on any atom is -0.393 e. The molecule has 1 saturated carbocycles. The molecule has 0 bridgehead atoms. The number of aliphatic hydroxyl groups is 1. The molecule has 0 amide bonds. The molecule has 2 aromatic rings. The molecule has 2 aromatic carbocycles. The van der Waals surface area contributed by atoms with E-state index >= 15 is 0 Å². The summed E-state index contributed by atoms with van der Waals surface area (Å²) in [6, 6.07) is 15.0. The van der Waals surface area contributed by atoms with Crippen molar-refractivity contribution in [3.05, 3.63) is 48.0 Å². The molecule has 0 spiro atoms. The zero-order chi connectivity index (χ0) is 12.4. The van der Waals surface area contributed by atoms with Crippen molar-refractivity contribution in [1.82, 2.24) is 5.32 Å². The molecule has 0 aliphatic heterocycles. The Labute approximate surface area is 108 Å². The van der Waals surface area contributed by atoms with Gasteiger partial charge in [0.15, 0.2) is 0 Å². The van der Waals surface area contributed by atoms with Crippen molar-refractivity contribution in [3.63, 3.8) is 0 Å². The van der Waals surface area contributed by atoms with E-state index in [1.807, 2.05) is 0 Å². The SMILES string of the molecule is OC1CC(CNCc2cccc3ccccc23)C1. The van der Waals surface area contributed by atoms with Crippen LogP contribution in [-0.2, 0) is 6.54 Å². The van der Waals surface area contributed by atoms with Crippen molar-refractivity contribution in [2.45, 2.75) is 25.5 Å². The predicted molar refractivity (Wildman–Crippen MR) is 74.4 cm³/mol. The number of nitrogens with one attached hydrogen (secondary N) is 1. The number of hydrogen-bond acceptors (Lipinski definition) is 2. The molecule has 0 atom stereocenters. The van der Waals surface area contributed by atoms with Gasteiger partial charge in [-0.25, -0.2) is 0 Å². The van der Waals surface area contributed by atoms with Crippen molar-refractivity contribution >= 4 is 10.8 Å². The molecule has 0 unspecified atom stereocenters. The van der Waals surface area contributed by atoms with Crippen LogP contribution < -0.4 is 5.32 Å². The number of fused-ring (bicyclic) bond motifs is 1. The zero-order valence-corrected chi connectivity index (χ0v) is 10.5. The molecular formula is C16H19NO. The summed E-state index contributed by atoms with van der Waals surface area (Å²) in [6.45, 7) is 1.92. The monoisotopic (exact) mass is 241 g/mol. The van der Waals surface area contributed by atoms with Crippen LogP contribution in [0.2, 0.25) is 0 Å². The second kappa shape index (κ2) is 5.09. The molecular weight excluding hydrogens is 222 g/mol. The van der Waals surface area contributed by atoms with Gasteiger partial charge in [0.1, 0.15) is 0 Å². The standard InChI is InChI=1S/C16H19NO/c18-15-8-12(9-15)10-17-11-14-6-3-5-13-4-1-2-7-16(13)14/h1-7,12,15,17-18H,8-11H2. The van der Waals surface area contributed by atoms with Crippen LogP contribution in [0.15, 0.2) is 42.5 Å². The highest BCUT2D eigenvalue weighted by atomic mass is 16.3. The first-order chi connectivity index (χ1) is 8.83. The summed E-state index contributed by atoms with van der Waals surface area (Å²) < 4.78 is 0. The molecule has 1 aliphatic rings. The highest BCUT2D eigenvalue weighted by molar-refractivity contribution is 5.85. The number of benzene rings is 2. The minimum atomic E-state index is -0.0469. The van der Waals surface area contributed by atoms with Crippen molar-refractivity contribution < 1.29 is 5.11 Å². The van der Waals surface area contributed by atoms with E-state index in [0.717, 1.165) is 25.9 Å². The summed E-state index contributed by atoms with van der Waals surface area (Å²) in [5.41, 5.74) is 1.35. The molecule has 1 fully saturated rings. The summed E-state index contributed by atoms with van der Waals surface area (Å²) in [6.07, 6.45) is 1.87. The van der Waals surface area contributed by atoms with Crippen LogP contribution in [0.4, 0.5) is 0 Å². The smallest absolute Gasteiger partial charge is 0.0546 e. The van der Waals surface area contributed by atoms with Gasteiger partial charge in [0.05, 0.1) is 6.10 Å². The number of aliphatic hydroxyl groups excluding tert-OH is 1. The first-order valence-electron chi connectivity index (χ1n) is 6.68.